The van der Waals surface area contributed by atoms with Crippen molar-refractivity contribution >= 4 is 0 Å². The Bertz CT molecular complexity index is 678. The molecule has 0 saturated carbocycles. The molecule has 0 spiro atoms. The molecule has 0 radical (unpaired) electrons. The molecule has 0 amide bonds. The van der Waals surface area contributed by atoms with Gasteiger partial charge in [-0.2, -0.15) is 39.3 Å². The Morgan fingerprint density at radius 3 is 0.709 bits per heavy atom. The lowest BCUT2D eigenvalue weighted by Crippen LogP contribution is -2.41. The molecule has 0 aliphatic rings. The summed E-state index contributed by atoms with van der Waals surface area (Å²) in [6.45, 7) is -7.79. The molecule has 0 N–H and O–H groups in total. The van der Waals surface area contributed by atoms with Gasteiger partial charge in [0, 0.05) is 0 Å². The van der Waals surface area contributed by atoms with Crippen LogP contribution in [0.1, 0.15) is 0 Å². The van der Waals surface area contributed by atoms with Crippen LogP contribution in [0.15, 0.2) is 0 Å². The van der Waals surface area contributed by atoms with E-state index in [1.54, 1.807) is 0 Å². The van der Waals surface area contributed by atoms with Crippen molar-refractivity contribution in [1.82, 2.24) is 0 Å². The van der Waals surface area contributed by atoms with E-state index in [4.69, 9.17) is 42.6 Å². The summed E-state index contributed by atoms with van der Waals surface area (Å²) in [6, 6.07) is 0. The normalized spacial score (nSPS) is 12.3. The minimum atomic E-state index is -1.29. The Balaban J connectivity index is 6.23. The summed E-state index contributed by atoms with van der Waals surface area (Å²) in [6.07, 6.45) is -6.81. The molecule has 0 aromatic carbocycles. The molecular weight excluding hydrogens is 800 g/mol. The number of hydrogen-bond acceptors (Lipinski definition) is 21. The number of ether oxygens (including phenoxy) is 9. The van der Waals surface area contributed by atoms with Gasteiger partial charge in [0.15, 0.2) is 0 Å². The summed E-state index contributed by atoms with van der Waals surface area (Å²) in [4.78, 5) is 30.5. The molecule has 0 unspecified atom stereocenters. The van der Waals surface area contributed by atoms with E-state index in [1.165, 1.54) is 0 Å². The molecule has 55 heavy (non-hydrogen) atoms. The number of halogens is 8. The minimum absolute atomic E-state index is 0.197. The van der Waals surface area contributed by atoms with Gasteiger partial charge in [0.25, 0.3) is 0 Å². The third-order valence-corrected chi connectivity index (χ3v) is 6.08. The van der Waals surface area contributed by atoms with Crippen molar-refractivity contribution < 1.29 is 139 Å². The van der Waals surface area contributed by atoms with E-state index in [0.29, 0.717) is 0 Å². The van der Waals surface area contributed by atoms with Crippen molar-refractivity contribution in [2.45, 2.75) is 36.6 Å². The molecule has 0 heterocycles. The highest BCUT2D eigenvalue weighted by molar-refractivity contribution is 4.69. The van der Waals surface area contributed by atoms with Crippen molar-refractivity contribution in [3.8, 4) is 0 Å². The first-order chi connectivity index (χ1) is 27.0. The summed E-state index contributed by atoms with van der Waals surface area (Å²) in [5.74, 6) is 0. The second-order valence-corrected chi connectivity index (χ2v) is 10.1. The summed E-state index contributed by atoms with van der Waals surface area (Å²) in [7, 11) is 0. The van der Waals surface area contributed by atoms with E-state index in [0.717, 1.165) is 0 Å². The summed E-state index contributed by atoms with van der Waals surface area (Å²) in [5.41, 5.74) is 0. The van der Waals surface area contributed by atoms with Gasteiger partial charge in [-0.25, -0.2) is 0 Å². The fourth-order valence-electron chi connectivity index (χ4n) is 3.70. The van der Waals surface area contributed by atoms with Crippen LogP contribution in [0.3, 0.4) is 0 Å². The zero-order valence-electron chi connectivity index (χ0n) is 29.2. The lowest BCUT2D eigenvalue weighted by atomic mass is 10.3. The summed E-state index contributed by atoms with van der Waals surface area (Å²) >= 11 is 0. The third kappa shape index (κ3) is 34.4. The van der Waals surface area contributed by atoms with Crippen LogP contribution in [0.25, 0.3) is 0 Å². The van der Waals surface area contributed by atoms with Crippen LogP contribution in [0, 0.1) is 0 Å². The van der Waals surface area contributed by atoms with Gasteiger partial charge in [-0.05, 0) is 56.6 Å². The Labute approximate surface area is 307 Å². The first-order valence-electron chi connectivity index (χ1n) is 16.0. The standard InChI is InChI=1S/C26H46F8O21/c27-43-5-1-35-9-21(10-36-2-6-44-28)39-13-25(14-40-22(11-37-3-7-45-29)12-38-4-8-46-30)51-26(15-41-23(17-47-52-31)18-48-53-32)16-42-24(19-49-54-33)20-50-55-34/h21-26H,1-20H2. The number of rotatable bonds is 46. The lowest BCUT2D eigenvalue weighted by Gasteiger charge is -2.29. The van der Waals surface area contributed by atoms with Gasteiger partial charge in [-0.1, -0.05) is 0 Å². The molecular formula is C26H46F8O21. The highest BCUT2D eigenvalue weighted by Gasteiger charge is 2.26. The van der Waals surface area contributed by atoms with E-state index in [2.05, 4.69) is 59.7 Å². The van der Waals surface area contributed by atoms with Gasteiger partial charge in [0.1, 0.15) is 89.5 Å². The van der Waals surface area contributed by atoms with Gasteiger partial charge in [-0.3, -0.25) is 0 Å². The molecule has 0 saturated heterocycles. The van der Waals surface area contributed by atoms with Crippen molar-refractivity contribution in [3.05, 3.63) is 0 Å². The van der Waals surface area contributed by atoms with Crippen LogP contribution >= 0.6 is 0 Å². The van der Waals surface area contributed by atoms with E-state index >= 15 is 0 Å². The van der Waals surface area contributed by atoms with Crippen molar-refractivity contribution in [1.29, 1.82) is 0 Å². The Hall–Kier alpha value is -1.40. The zero-order valence-corrected chi connectivity index (χ0v) is 29.2. The second-order valence-electron chi connectivity index (χ2n) is 10.1. The average Bonchev–Trinajstić information content (AvgIpc) is 3.20. The van der Waals surface area contributed by atoms with Gasteiger partial charge in [-0.15, -0.1) is 0 Å². The van der Waals surface area contributed by atoms with Crippen molar-refractivity contribution in [3.63, 3.8) is 0 Å². The highest BCUT2D eigenvalue weighted by atomic mass is 19.3. The van der Waals surface area contributed by atoms with Crippen molar-refractivity contribution in [2.24, 2.45) is 0 Å². The third-order valence-electron chi connectivity index (χ3n) is 6.08. The predicted molar refractivity (Wildman–Crippen MR) is 152 cm³/mol. The number of hydrogen-bond donors (Lipinski definition) is 0. The van der Waals surface area contributed by atoms with Gasteiger partial charge in [0.2, 0.25) is 0 Å². The molecule has 0 aromatic rings. The maximum Gasteiger partial charge on any atom is 0.114 e. The summed E-state index contributed by atoms with van der Waals surface area (Å²) in [5, 5.41) is 12.2. The van der Waals surface area contributed by atoms with Crippen LogP contribution in [-0.2, 0) is 102 Å². The van der Waals surface area contributed by atoms with Crippen LogP contribution in [-0.4, -0.2) is 169 Å². The van der Waals surface area contributed by atoms with E-state index < -0.39 is 103 Å². The Morgan fingerprint density at radius 2 is 0.491 bits per heavy atom. The molecule has 0 atom stereocenters. The van der Waals surface area contributed by atoms with Crippen molar-refractivity contribution in [2.75, 3.05) is 132 Å². The average molecular weight is 847 g/mol. The van der Waals surface area contributed by atoms with E-state index in [9.17, 15) is 36.2 Å². The maximum absolute atomic E-state index is 12.2. The molecule has 0 aliphatic carbocycles. The molecule has 21 nitrogen and oxygen atoms in total. The Kier molecular flexibility index (Phi) is 41.1. The van der Waals surface area contributed by atoms with Gasteiger partial charge < -0.3 is 42.6 Å². The van der Waals surface area contributed by atoms with Gasteiger partial charge >= 0.3 is 0 Å². The zero-order chi connectivity index (χ0) is 40.5. The van der Waals surface area contributed by atoms with Crippen LogP contribution in [0.4, 0.5) is 36.2 Å². The molecule has 0 fully saturated rings. The fraction of sp³-hybridized carbons (Fsp3) is 1.00. The second kappa shape index (κ2) is 42.2. The highest BCUT2D eigenvalue weighted by Crippen LogP contribution is 2.12. The topological polar surface area (TPSA) is 194 Å². The molecule has 332 valence electrons. The van der Waals surface area contributed by atoms with Crippen LogP contribution in [0.5, 0.6) is 0 Å². The monoisotopic (exact) mass is 846 g/mol. The molecule has 0 bridgehead atoms. The first kappa shape index (κ1) is 53.6. The molecule has 0 rings (SSSR count). The van der Waals surface area contributed by atoms with Gasteiger partial charge in [0.05, 0.1) is 79.3 Å². The van der Waals surface area contributed by atoms with Crippen LogP contribution in [0.2, 0.25) is 0 Å². The maximum atomic E-state index is 12.2. The SMILES string of the molecule is FOCCOCC(COCCOF)OCC(COC(COCCOF)COCCOF)OC(COC(COOF)COOF)COC(COOF)COOF. The fourth-order valence-corrected chi connectivity index (χ4v) is 3.70. The van der Waals surface area contributed by atoms with E-state index in [-0.39, 0.29) is 66.1 Å². The first-order valence-corrected chi connectivity index (χ1v) is 16.0. The lowest BCUT2D eigenvalue weighted by molar-refractivity contribution is -0.454. The quantitative estimate of drug-likeness (QED) is 0.0375. The smallest absolute Gasteiger partial charge is 0.114 e. The predicted octanol–water partition coefficient (Wildman–Crippen LogP) is 2.28. The van der Waals surface area contributed by atoms with Crippen LogP contribution < -0.4 is 0 Å². The summed E-state index contributed by atoms with van der Waals surface area (Å²) < 4.78 is 147. The molecule has 29 heteroatoms. The Morgan fingerprint density at radius 1 is 0.255 bits per heavy atom. The largest absolute Gasteiger partial charge is 0.376 e. The molecule has 0 aromatic heterocycles. The molecule has 0 aliphatic heterocycles. The van der Waals surface area contributed by atoms with E-state index in [1.807, 2.05) is 0 Å². The minimum Gasteiger partial charge on any atom is -0.376 e.